The van der Waals surface area contributed by atoms with E-state index >= 15 is 0 Å². The Bertz CT molecular complexity index is 1730. The fraction of sp³-hybridized carbons (Fsp3) is 0.514. The molecule has 2 fully saturated rings. The van der Waals surface area contributed by atoms with Crippen molar-refractivity contribution < 1.29 is 47.0 Å². The average Bonchev–Trinajstić information content (AvgIpc) is 3.52. The first kappa shape index (κ1) is 39.7. The summed E-state index contributed by atoms with van der Waals surface area (Å²) < 4.78 is 45.9. The minimum Gasteiger partial charge on any atom is -0.465 e. The van der Waals surface area contributed by atoms with E-state index in [4.69, 9.17) is 25.8 Å². The Balaban J connectivity index is 1.08. The number of carbonyl (C=O) groups excluding carboxylic acids is 2. The Morgan fingerprint density at radius 2 is 1.76 bits per heavy atom. The fourth-order valence-electron chi connectivity index (χ4n) is 6.53. The molecule has 2 heterocycles. The van der Waals surface area contributed by atoms with Gasteiger partial charge in [-0.05, 0) is 85.1 Å². The Morgan fingerprint density at radius 1 is 1.10 bits per heavy atom. The molecule has 4 rings (SSSR count). The maximum atomic E-state index is 12.8. The first-order valence-electron chi connectivity index (χ1n) is 17.0. The number of carbonyl (C=O) groups is 2. The molecule has 1 aliphatic carbocycles. The van der Waals surface area contributed by atoms with Gasteiger partial charge in [-0.3, -0.25) is 14.5 Å². The Kier molecular flexibility index (Phi) is 14.3. The molecule has 2 aromatic rings. The van der Waals surface area contributed by atoms with Gasteiger partial charge in [-0.15, -0.1) is 18.2 Å². The summed E-state index contributed by atoms with van der Waals surface area (Å²) in [5, 5.41) is 12.5. The number of ether oxygens (including phenoxy) is 3. The first-order chi connectivity index (χ1) is 24.4. The topological polar surface area (TPSA) is 149 Å². The van der Waals surface area contributed by atoms with Crippen molar-refractivity contribution in [1.29, 1.82) is 0 Å². The molecule has 1 saturated heterocycles. The van der Waals surface area contributed by atoms with Gasteiger partial charge in [0.15, 0.2) is 18.1 Å². The Hall–Kier alpha value is -4.12. The largest absolute Gasteiger partial charge is 0.465 e. The fourth-order valence-corrected chi connectivity index (χ4v) is 8.02. The molecule has 0 spiro atoms. The highest BCUT2D eigenvalue weighted by molar-refractivity contribution is 7.91. The Morgan fingerprint density at radius 3 is 2.43 bits per heavy atom. The van der Waals surface area contributed by atoms with Crippen molar-refractivity contribution in [2.24, 2.45) is 23.2 Å². The summed E-state index contributed by atoms with van der Waals surface area (Å²) in [6.45, 7) is 17.4. The molecule has 1 aliphatic heterocycles. The van der Waals surface area contributed by atoms with Crippen LogP contribution in [0.25, 0.3) is 0 Å². The van der Waals surface area contributed by atoms with Crippen molar-refractivity contribution in [3.05, 3.63) is 67.3 Å². The summed E-state index contributed by atoms with van der Waals surface area (Å²) in [5.74, 6) is 4.99. The van der Waals surface area contributed by atoms with Gasteiger partial charge in [0.05, 0.1) is 24.3 Å². The highest BCUT2D eigenvalue weighted by atomic mass is 35.5. The van der Waals surface area contributed by atoms with Crippen molar-refractivity contribution in [1.82, 2.24) is 10.1 Å². The number of piperidine rings is 1. The molecule has 2 aliphatic rings. The van der Waals surface area contributed by atoms with Crippen LogP contribution in [0, 0.1) is 35.0 Å². The van der Waals surface area contributed by atoms with Gasteiger partial charge in [-0.2, -0.15) is 0 Å². The number of rotatable bonds is 16. The number of benzene rings is 1. The highest BCUT2D eigenvalue weighted by Crippen LogP contribution is 2.49. The van der Waals surface area contributed by atoms with E-state index < -0.39 is 32.7 Å². The molecule has 3 atom stereocenters. The molecule has 51 heavy (non-hydrogen) atoms. The molecule has 1 N–H and O–H groups in total. The van der Waals surface area contributed by atoms with Crippen LogP contribution in [-0.2, 0) is 28.9 Å². The van der Waals surface area contributed by atoms with Crippen molar-refractivity contribution in [3.8, 4) is 17.7 Å². The van der Waals surface area contributed by atoms with E-state index in [-0.39, 0.29) is 47.2 Å². The number of esters is 2. The number of hydrogen-bond donors (Lipinski definition) is 1. The Labute approximate surface area is 304 Å². The summed E-state index contributed by atoms with van der Waals surface area (Å²) >= 11 is 6.17. The SMILES string of the molecule is C=C[C@]1(C)CC[C@@H](C(=C)CN2CCC(COC(=O)CCC(=O)OCC#CCOc3no[n+](O)c3S(=O)(=O)c3ccccc3)CC2)C[C@H]1C(=C)CCl. The van der Waals surface area contributed by atoms with E-state index in [9.17, 15) is 23.2 Å². The summed E-state index contributed by atoms with van der Waals surface area (Å²) in [5.41, 5.74) is 2.34. The number of likely N-dealkylation sites (tertiary alicyclic amines) is 1. The molecule has 14 heteroatoms. The zero-order valence-electron chi connectivity index (χ0n) is 29.1. The average molecular weight is 745 g/mol. The molecular weight excluding hydrogens is 698 g/mol. The van der Waals surface area contributed by atoms with Crippen molar-refractivity contribution in [3.63, 3.8) is 0 Å². The number of allylic oxidation sites excluding steroid dienone is 2. The third-order valence-corrected chi connectivity index (χ3v) is 11.9. The normalized spacial score (nSPS) is 21.1. The standard InChI is InChI=1S/C37H47ClN3O9S/c1-5-37(4)18-15-30(23-32(37)27(2)24-38)28(3)25-40-19-16-29(17-20-40)26-49-34(43)14-13-33(42)47-21-9-10-22-48-35-36(41(44)50-39-35)51(45,46)31-11-7-6-8-12-31/h5-8,11-12,29-30,32,44H,1-3,13-26H2,4H3/q+1/t30-,32+,37-/m1/s1. The molecule has 1 saturated carbocycles. The van der Waals surface area contributed by atoms with Crippen LogP contribution < -0.4 is 9.64 Å². The van der Waals surface area contributed by atoms with Gasteiger partial charge in [-0.25, -0.2) is 8.42 Å². The molecule has 0 radical (unpaired) electrons. The summed E-state index contributed by atoms with van der Waals surface area (Å²) in [6.07, 6.45) is 6.75. The third-order valence-electron chi connectivity index (χ3n) is 9.78. The number of hydrogen-bond acceptors (Lipinski definition) is 11. The minimum absolute atomic E-state index is 0.00633. The monoisotopic (exact) mass is 744 g/mol. The van der Waals surface area contributed by atoms with Crippen LogP contribution in [0.4, 0.5) is 0 Å². The van der Waals surface area contributed by atoms with Crippen molar-refractivity contribution >= 4 is 33.4 Å². The lowest BCUT2D eigenvalue weighted by molar-refractivity contribution is -1.06. The third kappa shape index (κ3) is 10.7. The molecule has 1 aromatic heterocycles. The second-order valence-electron chi connectivity index (χ2n) is 13.3. The molecule has 12 nitrogen and oxygen atoms in total. The lowest BCUT2D eigenvalue weighted by Crippen LogP contribution is -2.39. The van der Waals surface area contributed by atoms with Crippen LogP contribution in [0.5, 0.6) is 5.88 Å². The van der Waals surface area contributed by atoms with Gasteiger partial charge in [0.1, 0.15) is 0 Å². The summed E-state index contributed by atoms with van der Waals surface area (Å²) in [6, 6.07) is 7.38. The van der Waals surface area contributed by atoms with E-state index in [0.717, 1.165) is 57.3 Å². The maximum Gasteiger partial charge on any atom is 0.446 e. The lowest BCUT2D eigenvalue weighted by atomic mass is 9.61. The zero-order valence-corrected chi connectivity index (χ0v) is 30.6. The minimum atomic E-state index is -4.19. The van der Waals surface area contributed by atoms with Gasteiger partial charge < -0.3 is 19.4 Å². The van der Waals surface area contributed by atoms with Crippen LogP contribution in [0.3, 0.4) is 0 Å². The van der Waals surface area contributed by atoms with E-state index in [0.29, 0.717) is 24.3 Å². The maximum absolute atomic E-state index is 12.8. The number of sulfone groups is 1. The van der Waals surface area contributed by atoms with Gasteiger partial charge in [0, 0.05) is 12.4 Å². The molecule has 0 bridgehead atoms. The molecule has 1 aromatic carbocycles. The summed E-state index contributed by atoms with van der Waals surface area (Å²) in [7, 11) is -4.19. The number of aromatic nitrogens is 2. The van der Waals surface area contributed by atoms with Gasteiger partial charge >= 0.3 is 22.8 Å². The van der Waals surface area contributed by atoms with Crippen LogP contribution in [-0.4, -0.2) is 81.0 Å². The van der Waals surface area contributed by atoms with E-state index in [1.165, 1.54) is 29.8 Å². The van der Waals surface area contributed by atoms with Crippen LogP contribution in [0.1, 0.15) is 51.9 Å². The number of halogens is 1. The van der Waals surface area contributed by atoms with E-state index in [1.54, 1.807) is 6.07 Å². The van der Waals surface area contributed by atoms with E-state index in [1.807, 2.05) is 0 Å². The lowest BCUT2D eigenvalue weighted by Gasteiger charge is -2.45. The van der Waals surface area contributed by atoms with Crippen molar-refractivity contribution in [2.75, 3.05) is 45.3 Å². The summed E-state index contributed by atoms with van der Waals surface area (Å²) in [4.78, 5) is 26.7. The van der Waals surface area contributed by atoms with Crippen LogP contribution in [0.2, 0.25) is 0 Å². The van der Waals surface area contributed by atoms with Crippen molar-refractivity contribution in [2.45, 2.75) is 61.8 Å². The van der Waals surface area contributed by atoms with Gasteiger partial charge in [0.2, 0.25) is 5.16 Å². The predicted molar refractivity (Wildman–Crippen MR) is 187 cm³/mol. The quantitative estimate of drug-likeness (QED) is 0.0818. The molecular formula is C37H47ClN3O9S+. The predicted octanol–water partition coefficient (Wildman–Crippen LogP) is 4.95. The van der Waals surface area contributed by atoms with Gasteiger partial charge in [-0.1, -0.05) is 67.3 Å². The molecule has 0 amide bonds. The second-order valence-corrected chi connectivity index (χ2v) is 15.4. The van der Waals surface area contributed by atoms with Gasteiger partial charge in [0.25, 0.3) is 9.84 Å². The molecule has 0 unspecified atom stereocenters. The molecule has 276 valence electrons. The second kappa shape index (κ2) is 18.4. The highest BCUT2D eigenvalue weighted by Gasteiger charge is 2.41. The van der Waals surface area contributed by atoms with Crippen LogP contribution >= 0.6 is 11.6 Å². The zero-order chi connectivity index (χ0) is 37.0. The number of nitrogens with zero attached hydrogens (tertiary/aromatic N) is 3. The van der Waals surface area contributed by atoms with E-state index in [2.05, 4.69) is 59.3 Å². The number of alkyl halides is 1. The van der Waals surface area contributed by atoms with Crippen LogP contribution in [0.15, 0.2) is 81.8 Å². The first-order valence-corrected chi connectivity index (χ1v) is 19.0. The smallest absolute Gasteiger partial charge is 0.446 e.